The molecule has 0 spiro atoms. The van der Waals surface area contributed by atoms with Crippen molar-refractivity contribution in [2.75, 3.05) is 14.2 Å². The van der Waals surface area contributed by atoms with Gasteiger partial charge in [-0.15, -0.1) is 11.3 Å². The van der Waals surface area contributed by atoms with Gasteiger partial charge in [0.05, 0.1) is 24.0 Å². The van der Waals surface area contributed by atoms with E-state index in [1.165, 1.54) is 25.5 Å². The minimum absolute atomic E-state index is 0.167. The molecule has 2 fully saturated rings. The molecule has 0 radical (unpaired) electrons. The molecule has 0 saturated heterocycles. The number of carbonyl (C=O) groups is 3. The summed E-state index contributed by atoms with van der Waals surface area (Å²) in [6, 6.07) is 9.07. The number of hydrogen-bond acceptors (Lipinski definition) is 6. The Morgan fingerprint density at radius 1 is 1.04 bits per heavy atom. The van der Waals surface area contributed by atoms with Crippen LogP contribution in [0, 0.1) is 23.2 Å². The number of nitrogens with one attached hydrogen (secondary N) is 1. The van der Waals surface area contributed by atoms with Crippen LogP contribution < -0.4 is 5.32 Å². The van der Waals surface area contributed by atoms with E-state index in [9.17, 15) is 40.7 Å². The minimum atomic E-state index is -5.63. The van der Waals surface area contributed by atoms with E-state index in [1.54, 1.807) is 12.3 Å². The van der Waals surface area contributed by atoms with Gasteiger partial charge in [0.25, 0.3) is 5.91 Å². The summed E-state index contributed by atoms with van der Waals surface area (Å²) < 4.78 is 85.7. The molecule has 1 N–H and O–H groups in total. The quantitative estimate of drug-likeness (QED) is 0.179. The van der Waals surface area contributed by atoms with Crippen molar-refractivity contribution in [3.05, 3.63) is 52.0 Å². The van der Waals surface area contributed by atoms with Crippen molar-refractivity contribution in [1.29, 1.82) is 0 Å². The van der Waals surface area contributed by atoms with Crippen LogP contribution in [0.3, 0.4) is 0 Å². The molecule has 7 nitrogen and oxygen atoms in total. The monoisotopic (exact) mass is 689 g/mol. The van der Waals surface area contributed by atoms with Gasteiger partial charge in [0.15, 0.2) is 5.92 Å². The topological polar surface area (TPSA) is 88.6 Å². The Morgan fingerprint density at radius 3 is 2.11 bits per heavy atom. The minimum Gasteiger partial charge on any atom is -0.469 e. The lowest BCUT2D eigenvalue weighted by atomic mass is 9.86. The highest BCUT2D eigenvalue weighted by atomic mass is 32.1. The lowest BCUT2D eigenvalue weighted by molar-refractivity contribution is -0.295. The first kappa shape index (κ1) is 36.7. The second-order valence-corrected chi connectivity index (χ2v) is 14.7. The van der Waals surface area contributed by atoms with Crippen LogP contribution in [0.5, 0.6) is 0 Å². The van der Waals surface area contributed by atoms with Crippen molar-refractivity contribution < 1.29 is 45.5 Å². The Balaban J connectivity index is 1.52. The van der Waals surface area contributed by atoms with Crippen LogP contribution in [0.4, 0.5) is 26.3 Å². The molecule has 4 rings (SSSR count). The SMILES string of the molecule is COC(=O)C(C)C[C@H](Cc1ccccc1)NC(=O)c1csc(C2(CC3(N(C)C(=O)C(C)C(C(F)(F)F)C(F)(F)F)CC3(C)C)CC2)n1. The number of carbonyl (C=O) groups excluding carboxylic acids is 3. The number of rotatable bonds is 13. The van der Waals surface area contributed by atoms with Crippen molar-refractivity contribution in [1.82, 2.24) is 15.2 Å². The van der Waals surface area contributed by atoms with Crippen molar-refractivity contribution >= 4 is 29.1 Å². The highest BCUT2D eigenvalue weighted by molar-refractivity contribution is 7.10. The molecular formula is C33H41F6N3O4S. The van der Waals surface area contributed by atoms with Crippen LogP contribution >= 0.6 is 11.3 Å². The third-order valence-corrected chi connectivity index (χ3v) is 11.1. The van der Waals surface area contributed by atoms with E-state index in [4.69, 9.17) is 4.74 Å². The number of hydrogen-bond donors (Lipinski definition) is 1. The Labute approximate surface area is 274 Å². The van der Waals surface area contributed by atoms with Crippen LogP contribution in [0.2, 0.25) is 0 Å². The lowest BCUT2D eigenvalue weighted by Gasteiger charge is -2.38. The third kappa shape index (κ3) is 7.78. The van der Waals surface area contributed by atoms with Crippen LogP contribution in [0.15, 0.2) is 35.7 Å². The summed E-state index contributed by atoms with van der Waals surface area (Å²) in [5, 5.41) is 5.24. The summed E-state index contributed by atoms with van der Waals surface area (Å²) in [6.07, 6.45) is -8.47. The van der Waals surface area contributed by atoms with E-state index in [0.29, 0.717) is 50.5 Å². The second kappa shape index (κ2) is 13.0. The molecule has 1 aromatic carbocycles. The largest absolute Gasteiger partial charge is 0.469 e. The summed E-state index contributed by atoms with van der Waals surface area (Å²) in [6.45, 7) is 6.08. The van der Waals surface area contributed by atoms with Crippen LogP contribution in [-0.2, 0) is 26.2 Å². The number of aromatic nitrogens is 1. The van der Waals surface area contributed by atoms with E-state index in [0.717, 1.165) is 10.5 Å². The normalized spacial score (nSPS) is 21.8. The van der Waals surface area contributed by atoms with Gasteiger partial charge in [-0.3, -0.25) is 14.4 Å². The highest BCUT2D eigenvalue weighted by Crippen LogP contribution is 2.68. The van der Waals surface area contributed by atoms with E-state index >= 15 is 0 Å². The predicted octanol–water partition coefficient (Wildman–Crippen LogP) is 7.11. The maximum Gasteiger partial charge on any atom is 0.401 e. The summed E-state index contributed by atoms with van der Waals surface area (Å²) in [5.74, 6) is -8.65. The van der Waals surface area contributed by atoms with Crippen LogP contribution in [-0.4, -0.2) is 65.8 Å². The van der Waals surface area contributed by atoms with Gasteiger partial charge in [-0.05, 0) is 49.5 Å². The van der Waals surface area contributed by atoms with Gasteiger partial charge >= 0.3 is 18.3 Å². The first-order chi connectivity index (χ1) is 21.7. The second-order valence-electron chi connectivity index (χ2n) is 13.9. The van der Waals surface area contributed by atoms with E-state index < -0.39 is 70.3 Å². The van der Waals surface area contributed by atoms with Crippen molar-refractivity contribution in [2.45, 2.75) is 95.6 Å². The molecule has 14 heteroatoms. The Morgan fingerprint density at radius 2 is 1.62 bits per heavy atom. The summed E-state index contributed by atoms with van der Waals surface area (Å²) in [5.41, 5.74) is -0.967. The van der Waals surface area contributed by atoms with Crippen molar-refractivity contribution in [3.63, 3.8) is 0 Å². The van der Waals surface area contributed by atoms with Gasteiger partial charge in [0.2, 0.25) is 5.91 Å². The molecule has 1 aromatic heterocycles. The summed E-state index contributed by atoms with van der Waals surface area (Å²) in [7, 11) is 2.59. The number of nitrogens with zero attached hydrogens (tertiary/aromatic N) is 2. The first-order valence-corrected chi connectivity index (χ1v) is 16.4. The zero-order valence-electron chi connectivity index (χ0n) is 27.2. The number of alkyl halides is 6. The summed E-state index contributed by atoms with van der Waals surface area (Å²) >= 11 is 1.26. The molecule has 2 amide bonds. The van der Waals surface area contributed by atoms with E-state index in [-0.39, 0.29) is 5.69 Å². The summed E-state index contributed by atoms with van der Waals surface area (Å²) in [4.78, 5) is 44.6. The number of amides is 2. The fourth-order valence-electron chi connectivity index (χ4n) is 6.97. The first-order valence-electron chi connectivity index (χ1n) is 15.5. The third-order valence-electron chi connectivity index (χ3n) is 10.0. The van der Waals surface area contributed by atoms with Crippen molar-refractivity contribution in [3.8, 4) is 0 Å². The van der Waals surface area contributed by atoms with Gasteiger partial charge in [0, 0.05) is 29.4 Å². The Kier molecular flexibility index (Phi) is 10.2. The standard InChI is InChI=1S/C33H41F6N3O4S/c1-19(27(45)46-6)14-22(15-21-10-8-7-9-11-21)40-25(43)23-16-47-28(41-23)30(12-13-30)18-31(17-29(31,3)4)42(5)26(44)20(2)24(32(34,35)36)33(37,38)39/h7-11,16,19-20,22,24H,12-15,17-18H2,1-6H3,(H,40,43)/t19?,20?,22-,31?/m1/s1. The predicted molar refractivity (Wildman–Crippen MR) is 164 cm³/mol. The fraction of sp³-hybridized carbons (Fsp3) is 0.636. The number of ether oxygens (including phenoxy) is 1. The number of thiazole rings is 1. The van der Waals surface area contributed by atoms with Crippen molar-refractivity contribution in [2.24, 2.45) is 23.2 Å². The van der Waals surface area contributed by atoms with Gasteiger partial charge in [-0.25, -0.2) is 4.98 Å². The van der Waals surface area contributed by atoms with Gasteiger partial charge in [-0.1, -0.05) is 58.0 Å². The van der Waals surface area contributed by atoms with Crippen LogP contribution in [0.25, 0.3) is 0 Å². The number of esters is 1. The smallest absolute Gasteiger partial charge is 0.401 e. The number of methoxy groups -OCH3 is 1. The lowest BCUT2D eigenvalue weighted by Crippen LogP contribution is -2.52. The number of benzene rings is 1. The Bertz CT molecular complexity index is 1440. The molecular weight excluding hydrogens is 648 g/mol. The molecule has 0 aliphatic heterocycles. The molecule has 47 heavy (non-hydrogen) atoms. The maximum atomic E-state index is 13.5. The molecule has 2 aliphatic carbocycles. The fourth-order valence-corrected chi connectivity index (χ4v) is 8.03. The zero-order chi connectivity index (χ0) is 35.2. The average Bonchev–Trinajstić information content (AvgIpc) is 3.77. The molecule has 260 valence electrons. The molecule has 3 unspecified atom stereocenters. The zero-order valence-corrected chi connectivity index (χ0v) is 28.0. The molecule has 2 aliphatic rings. The van der Waals surface area contributed by atoms with Gasteiger partial charge < -0.3 is 15.0 Å². The maximum absolute atomic E-state index is 13.5. The molecule has 4 atom stereocenters. The van der Waals surface area contributed by atoms with E-state index in [1.807, 2.05) is 44.2 Å². The molecule has 2 saturated carbocycles. The average molecular weight is 690 g/mol. The van der Waals surface area contributed by atoms with Gasteiger partial charge in [0.1, 0.15) is 5.69 Å². The Hall–Kier alpha value is -3.16. The molecule has 2 aromatic rings. The molecule has 1 heterocycles. The van der Waals surface area contributed by atoms with Crippen LogP contribution in [0.1, 0.15) is 80.9 Å². The molecule has 0 bridgehead atoms. The highest BCUT2D eigenvalue weighted by Gasteiger charge is 2.70. The van der Waals surface area contributed by atoms with E-state index in [2.05, 4.69) is 10.3 Å². The number of halogens is 6. The van der Waals surface area contributed by atoms with Gasteiger partial charge in [-0.2, -0.15) is 26.3 Å².